The highest BCUT2D eigenvalue weighted by Crippen LogP contribution is 2.26. The molecule has 0 saturated heterocycles. The number of benzene rings is 2. The molecule has 0 amide bonds. The molecular formula is C16H16BrClFNO. The van der Waals surface area contributed by atoms with E-state index in [2.05, 4.69) is 21.2 Å². The second-order valence-electron chi connectivity index (χ2n) is 4.46. The summed E-state index contributed by atoms with van der Waals surface area (Å²) < 4.78 is 19.5. The molecule has 2 aromatic rings. The van der Waals surface area contributed by atoms with Crippen molar-refractivity contribution in [3.8, 4) is 5.75 Å². The molecule has 1 N–H and O–H groups in total. The van der Waals surface area contributed by atoms with Gasteiger partial charge in [0, 0.05) is 17.8 Å². The van der Waals surface area contributed by atoms with E-state index < -0.39 is 0 Å². The highest BCUT2D eigenvalue weighted by molar-refractivity contribution is 9.10. The molecule has 2 nitrogen and oxygen atoms in total. The largest absolute Gasteiger partial charge is 0.494 e. The monoisotopic (exact) mass is 371 g/mol. The van der Waals surface area contributed by atoms with E-state index in [1.807, 2.05) is 31.2 Å². The molecule has 0 aliphatic rings. The molecule has 2 rings (SSSR count). The molecule has 0 heterocycles. The highest BCUT2D eigenvalue weighted by atomic mass is 79.9. The van der Waals surface area contributed by atoms with Crippen LogP contribution in [0, 0.1) is 5.82 Å². The summed E-state index contributed by atoms with van der Waals surface area (Å²) in [6.45, 7) is 3.06. The summed E-state index contributed by atoms with van der Waals surface area (Å²) in [6, 6.07) is 10.8. The number of hydrogen-bond donors (Lipinski definition) is 1. The minimum Gasteiger partial charge on any atom is -0.494 e. The van der Waals surface area contributed by atoms with Crippen LogP contribution in [-0.4, -0.2) is 6.61 Å². The van der Waals surface area contributed by atoms with E-state index in [1.54, 1.807) is 6.07 Å². The number of halogens is 3. The Hall–Kier alpha value is -1.26. The van der Waals surface area contributed by atoms with E-state index in [4.69, 9.17) is 16.3 Å². The van der Waals surface area contributed by atoms with E-state index in [1.165, 1.54) is 6.07 Å². The molecule has 0 saturated carbocycles. The van der Waals surface area contributed by atoms with Crippen LogP contribution in [0.3, 0.4) is 0 Å². The lowest BCUT2D eigenvalue weighted by Gasteiger charge is -2.12. The fourth-order valence-electron chi connectivity index (χ4n) is 1.97. The Morgan fingerprint density at radius 3 is 2.76 bits per heavy atom. The zero-order chi connectivity index (χ0) is 15.2. The van der Waals surface area contributed by atoms with Gasteiger partial charge in [-0.1, -0.05) is 12.1 Å². The lowest BCUT2D eigenvalue weighted by atomic mass is 10.1. The van der Waals surface area contributed by atoms with Gasteiger partial charge in [-0.3, -0.25) is 0 Å². The van der Waals surface area contributed by atoms with E-state index >= 15 is 0 Å². The zero-order valence-electron chi connectivity index (χ0n) is 11.6. The first-order valence-electron chi connectivity index (χ1n) is 6.64. The van der Waals surface area contributed by atoms with Crippen molar-refractivity contribution in [3.63, 3.8) is 0 Å². The first kappa shape index (κ1) is 16.1. The fraction of sp³-hybridized carbons (Fsp3) is 0.250. The van der Waals surface area contributed by atoms with E-state index in [0.717, 1.165) is 22.6 Å². The summed E-state index contributed by atoms with van der Waals surface area (Å²) in [5.41, 5.74) is 2.71. The van der Waals surface area contributed by atoms with Crippen LogP contribution in [0.5, 0.6) is 5.75 Å². The smallest absolute Gasteiger partial charge is 0.137 e. The topological polar surface area (TPSA) is 21.3 Å². The summed E-state index contributed by atoms with van der Waals surface area (Å²) in [4.78, 5) is 0. The molecule has 0 aliphatic carbocycles. The quantitative estimate of drug-likeness (QED) is 0.691. The first-order valence-corrected chi connectivity index (χ1v) is 7.97. The number of anilines is 1. The third-order valence-electron chi connectivity index (χ3n) is 3.02. The summed E-state index contributed by atoms with van der Waals surface area (Å²) in [7, 11) is 0. The van der Waals surface area contributed by atoms with Crippen LogP contribution in [-0.2, 0) is 12.4 Å². The lowest BCUT2D eigenvalue weighted by Crippen LogP contribution is -2.02. The summed E-state index contributed by atoms with van der Waals surface area (Å²) in [5, 5.41) is 3.26. The van der Waals surface area contributed by atoms with Gasteiger partial charge in [0.1, 0.15) is 11.6 Å². The summed E-state index contributed by atoms with van der Waals surface area (Å²) in [5.74, 6) is 0.918. The molecule has 21 heavy (non-hydrogen) atoms. The molecule has 0 aromatic heterocycles. The van der Waals surface area contributed by atoms with Crippen molar-refractivity contribution in [3.05, 3.63) is 57.8 Å². The number of ether oxygens (including phenoxy) is 1. The zero-order valence-corrected chi connectivity index (χ0v) is 14.0. The Labute approximate surface area is 137 Å². The maximum Gasteiger partial charge on any atom is 0.137 e. The maximum absolute atomic E-state index is 13.5. The van der Waals surface area contributed by atoms with Gasteiger partial charge in [0.05, 0.1) is 17.0 Å². The highest BCUT2D eigenvalue weighted by Gasteiger charge is 2.07. The average Bonchev–Trinajstić information content (AvgIpc) is 2.50. The van der Waals surface area contributed by atoms with Gasteiger partial charge < -0.3 is 10.1 Å². The Kier molecular flexibility index (Phi) is 5.88. The third-order valence-corrected chi connectivity index (χ3v) is 4.19. The molecule has 0 atom stereocenters. The van der Waals surface area contributed by atoms with Crippen LogP contribution in [0.25, 0.3) is 0 Å². The predicted octanol–water partition coefficient (Wildman–Crippen LogP) is 5.34. The van der Waals surface area contributed by atoms with Crippen LogP contribution in [0.4, 0.5) is 10.1 Å². The Balaban J connectivity index is 2.11. The van der Waals surface area contributed by atoms with Gasteiger partial charge in [0.2, 0.25) is 0 Å². The van der Waals surface area contributed by atoms with Crippen LogP contribution in [0.15, 0.2) is 40.9 Å². The second-order valence-corrected chi connectivity index (χ2v) is 5.52. The van der Waals surface area contributed by atoms with E-state index in [0.29, 0.717) is 23.5 Å². The Bertz CT molecular complexity index is 621. The molecule has 2 aromatic carbocycles. The van der Waals surface area contributed by atoms with Gasteiger partial charge in [-0.25, -0.2) is 4.39 Å². The number of rotatable bonds is 6. The van der Waals surface area contributed by atoms with Crippen LogP contribution < -0.4 is 10.1 Å². The third kappa shape index (κ3) is 4.11. The molecule has 0 aliphatic heterocycles. The van der Waals surface area contributed by atoms with Crippen molar-refractivity contribution >= 4 is 33.2 Å². The van der Waals surface area contributed by atoms with Crippen molar-refractivity contribution < 1.29 is 9.13 Å². The van der Waals surface area contributed by atoms with Crippen LogP contribution in [0.1, 0.15) is 18.1 Å². The van der Waals surface area contributed by atoms with Crippen LogP contribution >= 0.6 is 27.5 Å². The van der Waals surface area contributed by atoms with Gasteiger partial charge in [-0.15, -0.1) is 11.6 Å². The Morgan fingerprint density at radius 2 is 2.05 bits per heavy atom. The normalized spacial score (nSPS) is 10.5. The van der Waals surface area contributed by atoms with Crippen molar-refractivity contribution in [1.82, 2.24) is 0 Å². The average molecular weight is 373 g/mol. The SMILES string of the molecule is CCOc1ccc(NCc2cccc(F)c2Br)cc1CCl. The molecule has 0 spiro atoms. The molecule has 0 unspecified atom stereocenters. The molecule has 112 valence electrons. The van der Waals surface area contributed by atoms with Crippen molar-refractivity contribution in [2.45, 2.75) is 19.3 Å². The minimum atomic E-state index is -0.262. The first-order chi connectivity index (χ1) is 10.2. The molecule has 0 radical (unpaired) electrons. The summed E-state index contributed by atoms with van der Waals surface area (Å²) in [6.07, 6.45) is 0. The van der Waals surface area contributed by atoms with Crippen molar-refractivity contribution in [2.24, 2.45) is 0 Å². The minimum absolute atomic E-state index is 0.262. The molecule has 5 heteroatoms. The molecule has 0 bridgehead atoms. The summed E-state index contributed by atoms with van der Waals surface area (Å²) >= 11 is 9.20. The van der Waals surface area contributed by atoms with Gasteiger partial charge in [0.15, 0.2) is 0 Å². The molecule has 0 fully saturated rings. The van der Waals surface area contributed by atoms with Crippen molar-refractivity contribution in [2.75, 3.05) is 11.9 Å². The van der Waals surface area contributed by atoms with E-state index in [-0.39, 0.29) is 5.82 Å². The lowest BCUT2D eigenvalue weighted by molar-refractivity contribution is 0.337. The van der Waals surface area contributed by atoms with Crippen molar-refractivity contribution in [1.29, 1.82) is 0 Å². The Morgan fingerprint density at radius 1 is 1.24 bits per heavy atom. The second kappa shape index (κ2) is 7.66. The fourth-order valence-corrected chi connectivity index (χ4v) is 2.59. The van der Waals surface area contributed by atoms with Gasteiger partial charge in [-0.2, -0.15) is 0 Å². The van der Waals surface area contributed by atoms with Crippen LogP contribution in [0.2, 0.25) is 0 Å². The standard InChI is InChI=1S/C16H16BrClFNO/c1-2-21-15-7-6-13(8-12(15)9-18)20-10-11-4-3-5-14(19)16(11)17/h3-8,20H,2,9-10H2,1H3. The van der Waals surface area contributed by atoms with Gasteiger partial charge >= 0.3 is 0 Å². The predicted molar refractivity (Wildman–Crippen MR) is 88.6 cm³/mol. The number of alkyl halides is 1. The van der Waals surface area contributed by atoms with E-state index in [9.17, 15) is 4.39 Å². The maximum atomic E-state index is 13.5. The number of hydrogen-bond acceptors (Lipinski definition) is 2. The van der Waals surface area contributed by atoms with Gasteiger partial charge in [0.25, 0.3) is 0 Å². The van der Waals surface area contributed by atoms with Gasteiger partial charge in [-0.05, 0) is 52.7 Å². The number of nitrogens with one attached hydrogen (secondary N) is 1. The molecular weight excluding hydrogens is 357 g/mol.